The van der Waals surface area contributed by atoms with Gasteiger partial charge in [0.15, 0.2) is 0 Å². The molecule has 0 amide bonds. The minimum atomic E-state index is -1.79. The second kappa shape index (κ2) is 6.19. The molecule has 0 aromatic heterocycles. The third kappa shape index (κ3) is 5.17. The Hall–Kier alpha value is -1.36. The van der Waals surface area contributed by atoms with Crippen LogP contribution in [0.5, 0.6) is 0 Å². The molecule has 4 N–H and O–H groups in total. The highest BCUT2D eigenvalue weighted by Gasteiger charge is 2.33. The van der Waals surface area contributed by atoms with Crippen LogP contribution < -0.4 is 5.73 Å². The first kappa shape index (κ1) is 13.6. The predicted molar refractivity (Wildman–Crippen MR) is 55.5 cm³/mol. The molecule has 1 unspecified atom stereocenters. The van der Waals surface area contributed by atoms with Crippen LogP contribution in [0.3, 0.4) is 0 Å². The van der Waals surface area contributed by atoms with Gasteiger partial charge in [-0.2, -0.15) is 0 Å². The highest BCUT2D eigenvalue weighted by molar-refractivity contribution is 5.87. The quantitative estimate of drug-likeness (QED) is 0.434. The fourth-order valence-corrected chi connectivity index (χ4v) is 1.07. The van der Waals surface area contributed by atoms with Crippen molar-refractivity contribution >= 4 is 11.9 Å². The van der Waals surface area contributed by atoms with Crippen LogP contribution in [-0.2, 0) is 9.59 Å². The summed E-state index contributed by atoms with van der Waals surface area (Å²) < 4.78 is 0. The molecule has 5 heteroatoms. The van der Waals surface area contributed by atoms with E-state index in [4.69, 9.17) is 15.9 Å². The molecule has 5 nitrogen and oxygen atoms in total. The monoisotopic (exact) mass is 215 g/mol. The van der Waals surface area contributed by atoms with Crippen LogP contribution in [0.1, 0.15) is 32.6 Å². The standard InChI is InChI=1S/C10H17NO4/c1-2-3-4-5-6-10(11,9(14)15)7-8(12)13/h5-6H,2-4,7,11H2,1H3,(H,12,13)(H,14,15)/b6-5+. The van der Waals surface area contributed by atoms with Crippen LogP contribution in [0.15, 0.2) is 12.2 Å². The summed E-state index contributed by atoms with van der Waals surface area (Å²) in [5.41, 5.74) is 3.66. The molecular weight excluding hydrogens is 198 g/mol. The van der Waals surface area contributed by atoms with E-state index in [9.17, 15) is 9.59 Å². The molecule has 15 heavy (non-hydrogen) atoms. The number of hydrogen-bond donors (Lipinski definition) is 3. The second-order valence-electron chi connectivity index (χ2n) is 3.46. The Balaban J connectivity index is 4.44. The fraction of sp³-hybridized carbons (Fsp3) is 0.600. The smallest absolute Gasteiger partial charge is 0.328 e. The Morgan fingerprint density at radius 1 is 1.40 bits per heavy atom. The van der Waals surface area contributed by atoms with Crippen molar-refractivity contribution in [2.75, 3.05) is 0 Å². The number of rotatable bonds is 7. The van der Waals surface area contributed by atoms with E-state index in [0.717, 1.165) is 12.8 Å². The van der Waals surface area contributed by atoms with Crippen LogP contribution in [0, 0.1) is 0 Å². The fourth-order valence-electron chi connectivity index (χ4n) is 1.07. The maximum atomic E-state index is 10.8. The number of carboxylic acids is 2. The van der Waals surface area contributed by atoms with Crippen LogP contribution >= 0.6 is 0 Å². The van der Waals surface area contributed by atoms with Gasteiger partial charge >= 0.3 is 11.9 Å². The summed E-state index contributed by atoms with van der Waals surface area (Å²) in [6.07, 6.45) is 4.92. The zero-order chi connectivity index (χ0) is 11.9. The molecule has 1 atom stereocenters. The molecule has 0 spiro atoms. The average Bonchev–Trinajstić information content (AvgIpc) is 2.11. The van der Waals surface area contributed by atoms with E-state index >= 15 is 0 Å². The van der Waals surface area contributed by atoms with Gasteiger partial charge in [0.1, 0.15) is 5.54 Å². The van der Waals surface area contributed by atoms with E-state index in [1.54, 1.807) is 6.08 Å². The molecule has 0 saturated carbocycles. The van der Waals surface area contributed by atoms with E-state index in [-0.39, 0.29) is 0 Å². The van der Waals surface area contributed by atoms with Gasteiger partial charge < -0.3 is 15.9 Å². The lowest BCUT2D eigenvalue weighted by molar-refractivity contribution is -0.147. The molecule has 86 valence electrons. The summed E-state index contributed by atoms with van der Waals surface area (Å²) in [5.74, 6) is -2.54. The Morgan fingerprint density at radius 2 is 2.00 bits per heavy atom. The summed E-state index contributed by atoms with van der Waals surface area (Å²) >= 11 is 0. The average molecular weight is 215 g/mol. The molecule has 0 aliphatic heterocycles. The number of hydrogen-bond acceptors (Lipinski definition) is 3. The van der Waals surface area contributed by atoms with Crippen LogP contribution in [0.25, 0.3) is 0 Å². The summed E-state index contributed by atoms with van der Waals surface area (Å²) in [7, 11) is 0. The van der Waals surface area contributed by atoms with Crippen molar-refractivity contribution in [3.8, 4) is 0 Å². The largest absolute Gasteiger partial charge is 0.481 e. The molecule has 0 saturated heterocycles. The third-order valence-corrected chi connectivity index (χ3v) is 1.98. The number of nitrogens with two attached hydrogens (primary N) is 1. The Bertz CT molecular complexity index is 262. The topological polar surface area (TPSA) is 101 Å². The number of carboxylic acid groups (broad SMARTS) is 2. The Labute approximate surface area is 88.6 Å². The second-order valence-corrected chi connectivity index (χ2v) is 3.46. The van der Waals surface area contributed by atoms with Gasteiger partial charge in [0, 0.05) is 0 Å². The van der Waals surface area contributed by atoms with E-state index in [0.29, 0.717) is 6.42 Å². The normalized spacial score (nSPS) is 15.1. The lowest BCUT2D eigenvalue weighted by atomic mass is 9.95. The minimum absolute atomic E-state index is 0.606. The summed E-state index contributed by atoms with van der Waals surface area (Å²) in [6.45, 7) is 2.01. The Morgan fingerprint density at radius 3 is 2.40 bits per heavy atom. The lowest BCUT2D eigenvalue weighted by Gasteiger charge is -2.17. The summed E-state index contributed by atoms with van der Waals surface area (Å²) in [4.78, 5) is 21.2. The van der Waals surface area contributed by atoms with E-state index in [2.05, 4.69) is 0 Å². The molecule has 0 aliphatic rings. The van der Waals surface area contributed by atoms with E-state index in [1.165, 1.54) is 6.08 Å². The maximum Gasteiger partial charge on any atom is 0.328 e. The number of carbonyl (C=O) groups is 2. The minimum Gasteiger partial charge on any atom is -0.481 e. The third-order valence-electron chi connectivity index (χ3n) is 1.98. The van der Waals surface area contributed by atoms with Crippen molar-refractivity contribution in [3.63, 3.8) is 0 Å². The molecule has 0 radical (unpaired) electrons. The number of allylic oxidation sites excluding steroid dienone is 1. The van der Waals surface area contributed by atoms with Crippen molar-refractivity contribution < 1.29 is 19.8 Å². The van der Waals surface area contributed by atoms with E-state index < -0.39 is 23.9 Å². The lowest BCUT2D eigenvalue weighted by Crippen LogP contribution is -2.47. The van der Waals surface area contributed by atoms with Crippen LogP contribution in [0.2, 0.25) is 0 Å². The van der Waals surface area contributed by atoms with Gasteiger partial charge in [0.05, 0.1) is 6.42 Å². The predicted octanol–water partition coefficient (Wildman–Crippen LogP) is 0.990. The SMILES string of the molecule is CCCC/C=C/C(N)(CC(=O)O)C(=O)O. The van der Waals surface area contributed by atoms with Crippen molar-refractivity contribution in [1.29, 1.82) is 0 Å². The number of aliphatic carboxylic acids is 2. The van der Waals surface area contributed by atoms with Gasteiger partial charge in [-0.3, -0.25) is 4.79 Å². The molecule has 0 bridgehead atoms. The summed E-state index contributed by atoms with van der Waals surface area (Å²) in [6, 6.07) is 0. The zero-order valence-corrected chi connectivity index (χ0v) is 8.77. The van der Waals surface area contributed by atoms with Crippen molar-refractivity contribution in [3.05, 3.63) is 12.2 Å². The van der Waals surface area contributed by atoms with Crippen molar-refractivity contribution in [2.24, 2.45) is 5.73 Å². The number of unbranched alkanes of at least 4 members (excludes halogenated alkanes) is 2. The molecule has 0 rings (SSSR count). The first-order chi connectivity index (χ1) is 6.92. The first-order valence-corrected chi connectivity index (χ1v) is 4.84. The van der Waals surface area contributed by atoms with Gasteiger partial charge in [0.2, 0.25) is 0 Å². The molecular formula is C10H17NO4. The Kier molecular flexibility index (Phi) is 5.62. The first-order valence-electron chi connectivity index (χ1n) is 4.84. The molecule has 0 aromatic carbocycles. The van der Waals surface area contributed by atoms with Crippen molar-refractivity contribution in [2.45, 2.75) is 38.1 Å². The summed E-state index contributed by atoms with van der Waals surface area (Å²) in [5, 5.41) is 17.3. The van der Waals surface area contributed by atoms with Crippen molar-refractivity contribution in [1.82, 2.24) is 0 Å². The van der Waals surface area contributed by atoms with E-state index in [1.807, 2.05) is 6.92 Å². The highest BCUT2D eigenvalue weighted by Crippen LogP contribution is 2.10. The van der Waals surface area contributed by atoms with Gasteiger partial charge in [-0.05, 0) is 6.42 Å². The van der Waals surface area contributed by atoms with Crippen LogP contribution in [0.4, 0.5) is 0 Å². The van der Waals surface area contributed by atoms with Gasteiger partial charge in [-0.25, -0.2) is 4.79 Å². The maximum absolute atomic E-state index is 10.8. The van der Waals surface area contributed by atoms with Gasteiger partial charge in [-0.15, -0.1) is 0 Å². The molecule has 0 fully saturated rings. The van der Waals surface area contributed by atoms with Crippen LogP contribution in [-0.4, -0.2) is 27.7 Å². The van der Waals surface area contributed by atoms with Gasteiger partial charge in [-0.1, -0.05) is 31.9 Å². The molecule has 0 aliphatic carbocycles. The molecule has 0 heterocycles. The zero-order valence-electron chi connectivity index (χ0n) is 8.77. The van der Waals surface area contributed by atoms with Gasteiger partial charge in [0.25, 0.3) is 0 Å². The molecule has 0 aromatic rings. The highest BCUT2D eigenvalue weighted by atomic mass is 16.4.